The van der Waals surface area contributed by atoms with Crippen molar-refractivity contribution in [2.75, 3.05) is 38.9 Å². The number of carbonyl (C=O) groups is 1. The van der Waals surface area contributed by atoms with Crippen molar-refractivity contribution in [3.05, 3.63) is 48.0 Å². The predicted octanol–water partition coefficient (Wildman–Crippen LogP) is 3.19. The standard InChI is InChI=1S/C23H27N3O4S/c1-28-19-5-2-16(3-6-19)8-11-24-23(31)26-12-9-17(10-13-26)22(27)25-18-4-7-20-21(14-18)30-15-29-20/h2-7,14,17H,8-13,15H2,1H3,(H,24,31)(H,25,27). The Balaban J connectivity index is 1.18. The summed E-state index contributed by atoms with van der Waals surface area (Å²) in [5.74, 6) is 2.25. The minimum atomic E-state index is -0.0243. The van der Waals surface area contributed by atoms with Crippen LogP contribution in [0.3, 0.4) is 0 Å². The number of anilines is 1. The van der Waals surface area contributed by atoms with E-state index in [2.05, 4.69) is 27.7 Å². The van der Waals surface area contributed by atoms with E-state index >= 15 is 0 Å². The van der Waals surface area contributed by atoms with Gasteiger partial charge in [-0.15, -0.1) is 0 Å². The first-order chi connectivity index (χ1) is 15.1. The van der Waals surface area contributed by atoms with Gasteiger partial charge >= 0.3 is 0 Å². The summed E-state index contributed by atoms with van der Waals surface area (Å²) in [7, 11) is 1.67. The lowest BCUT2D eigenvalue weighted by Crippen LogP contribution is -2.46. The van der Waals surface area contributed by atoms with E-state index in [-0.39, 0.29) is 18.6 Å². The molecule has 2 aromatic carbocycles. The molecule has 31 heavy (non-hydrogen) atoms. The molecule has 0 aromatic heterocycles. The number of hydrogen-bond donors (Lipinski definition) is 2. The minimum Gasteiger partial charge on any atom is -0.497 e. The van der Waals surface area contributed by atoms with Gasteiger partial charge in [0.25, 0.3) is 0 Å². The van der Waals surface area contributed by atoms with Gasteiger partial charge in [-0.1, -0.05) is 12.1 Å². The van der Waals surface area contributed by atoms with Crippen molar-refractivity contribution in [3.8, 4) is 17.2 Å². The molecule has 2 N–H and O–H groups in total. The molecule has 1 amide bonds. The molecular weight excluding hydrogens is 414 g/mol. The molecule has 0 atom stereocenters. The van der Waals surface area contributed by atoms with Gasteiger partial charge < -0.3 is 29.7 Å². The third-order valence-electron chi connectivity index (χ3n) is 5.64. The van der Waals surface area contributed by atoms with Crippen molar-refractivity contribution < 1.29 is 19.0 Å². The number of carbonyl (C=O) groups excluding carboxylic acids is 1. The van der Waals surface area contributed by atoms with Crippen LogP contribution in [-0.4, -0.2) is 49.5 Å². The van der Waals surface area contributed by atoms with Crippen molar-refractivity contribution in [1.82, 2.24) is 10.2 Å². The highest BCUT2D eigenvalue weighted by Gasteiger charge is 2.26. The first kappa shape index (κ1) is 21.2. The van der Waals surface area contributed by atoms with Gasteiger partial charge in [-0.05, 0) is 61.3 Å². The largest absolute Gasteiger partial charge is 0.497 e. The summed E-state index contributed by atoms with van der Waals surface area (Å²) in [5, 5.41) is 7.09. The summed E-state index contributed by atoms with van der Waals surface area (Å²) in [6.45, 7) is 2.54. The van der Waals surface area contributed by atoms with Crippen molar-refractivity contribution >= 4 is 28.9 Å². The summed E-state index contributed by atoms with van der Waals surface area (Å²) in [6, 6.07) is 13.5. The fraction of sp³-hybridized carbons (Fsp3) is 0.391. The van der Waals surface area contributed by atoms with Gasteiger partial charge in [0, 0.05) is 37.3 Å². The van der Waals surface area contributed by atoms with Crippen LogP contribution in [0.25, 0.3) is 0 Å². The molecule has 2 heterocycles. The summed E-state index contributed by atoms with van der Waals surface area (Å²) in [4.78, 5) is 14.8. The van der Waals surface area contributed by atoms with Gasteiger partial charge in [-0.2, -0.15) is 0 Å². The van der Waals surface area contributed by atoms with Gasteiger partial charge in [-0.3, -0.25) is 4.79 Å². The van der Waals surface area contributed by atoms with Crippen LogP contribution in [0.5, 0.6) is 17.2 Å². The lowest BCUT2D eigenvalue weighted by atomic mass is 9.96. The Bertz CT molecular complexity index is 927. The molecule has 0 bridgehead atoms. The van der Waals surface area contributed by atoms with Crippen LogP contribution in [0.4, 0.5) is 5.69 Å². The van der Waals surface area contributed by atoms with Crippen molar-refractivity contribution in [2.45, 2.75) is 19.3 Å². The molecule has 8 heteroatoms. The quantitative estimate of drug-likeness (QED) is 0.667. The number of methoxy groups -OCH3 is 1. The van der Waals surface area contributed by atoms with Crippen molar-refractivity contribution in [2.24, 2.45) is 5.92 Å². The molecule has 0 unspecified atom stereocenters. The van der Waals surface area contributed by atoms with Crippen LogP contribution in [0.15, 0.2) is 42.5 Å². The minimum absolute atomic E-state index is 0.0243. The molecule has 7 nitrogen and oxygen atoms in total. The number of piperidine rings is 1. The fourth-order valence-electron chi connectivity index (χ4n) is 3.78. The van der Waals surface area contributed by atoms with E-state index in [1.54, 1.807) is 13.2 Å². The van der Waals surface area contributed by atoms with Gasteiger partial charge in [0.2, 0.25) is 12.7 Å². The van der Waals surface area contributed by atoms with E-state index in [0.29, 0.717) is 11.5 Å². The van der Waals surface area contributed by atoms with E-state index in [1.807, 2.05) is 24.3 Å². The predicted molar refractivity (Wildman–Crippen MR) is 123 cm³/mol. The molecule has 1 saturated heterocycles. The molecule has 164 valence electrons. The molecular formula is C23H27N3O4S. The Hall–Kier alpha value is -3.00. The van der Waals surface area contributed by atoms with Gasteiger partial charge in [0.15, 0.2) is 16.6 Å². The number of thiocarbonyl (C=S) groups is 1. The maximum absolute atomic E-state index is 12.7. The third-order valence-corrected chi connectivity index (χ3v) is 6.04. The Morgan fingerprint density at radius 1 is 1.13 bits per heavy atom. The van der Waals surface area contributed by atoms with Crippen LogP contribution in [0, 0.1) is 5.92 Å². The van der Waals surface area contributed by atoms with E-state index in [1.165, 1.54) is 5.56 Å². The number of likely N-dealkylation sites (tertiary alicyclic amines) is 1. The number of benzene rings is 2. The number of hydrogen-bond acceptors (Lipinski definition) is 5. The molecule has 0 aliphatic carbocycles. The maximum Gasteiger partial charge on any atom is 0.231 e. The van der Waals surface area contributed by atoms with Crippen molar-refractivity contribution in [3.63, 3.8) is 0 Å². The molecule has 2 aliphatic heterocycles. The Morgan fingerprint density at radius 3 is 2.61 bits per heavy atom. The molecule has 0 saturated carbocycles. The number of amides is 1. The third kappa shape index (κ3) is 5.38. The topological polar surface area (TPSA) is 72.1 Å². The zero-order chi connectivity index (χ0) is 21.6. The SMILES string of the molecule is COc1ccc(CCNC(=S)N2CCC(C(=O)Nc3ccc4c(c3)OCO4)CC2)cc1. The van der Waals surface area contributed by atoms with Crippen molar-refractivity contribution in [1.29, 1.82) is 0 Å². The molecule has 0 spiro atoms. The molecule has 2 aromatic rings. The summed E-state index contributed by atoms with van der Waals surface area (Å²) < 4.78 is 15.9. The van der Waals surface area contributed by atoms with E-state index < -0.39 is 0 Å². The number of nitrogens with zero attached hydrogens (tertiary/aromatic N) is 1. The van der Waals surface area contributed by atoms with Gasteiger partial charge in [0.1, 0.15) is 5.75 Å². The summed E-state index contributed by atoms with van der Waals surface area (Å²) in [5.41, 5.74) is 1.96. The molecule has 1 fully saturated rings. The zero-order valence-corrected chi connectivity index (χ0v) is 18.4. The lowest BCUT2D eigenvalue weighted by Gasteiger charge is -2.33. The van der Waals surface area contributed by atoms with Gasteiger partial charge in [-0.25, -0.2) is 0 Å². The highest BCUT2D eigenvalue weighted by molar-refractivity contribution is 7.80. The van der Waals surface area contributed by atoms with E-state index in [9.17, 15) is 4.79 Å². The smallest absolute Gasteiger partial charge is 0.231 e. The second-order valence-corrected chi connectivity index (χ2v) is 8.04. The first-order valence-corrected chi connectivity index (χ1v) is 10.9. The first-order valence-electron chi connectivity index (χ1n) is 10.5. The highest BCUT2D eigenvalue weighted by Crippen LogP contribution is 2.34. The number of ether oxygens (including phenoxy) is 3. The second-order valence-electron chi connectivity index (χ2n) is 7.65. The Morgan fingerprint density at radius 2 is 1.87 bits per heavy atom. The number of fused-ring (bicyclic) bond motifs is 1. The maximum atomic E-state index is 12.7. The summed E-state index contributed by atoms with van der Waals surface area (Å²) in [6.07, 6.45) is 2.44. The molecule has 0 radical (unpaired) electrons. The molecule has 4 rings (SSSR count). The van der Waals surface area contributed by atoms with Crippen LogP contribution in [-0.2, 0) is 11.2 Å². The fourth-order valence-corrected chi connectivity index (χ4v) is 4.07. The monoisotopic (exact) mass is 441 g/mol. The number of rotatable bonds is 6. The Kier molecular flexibility index (Phi) is 6.76. The highest BCUT2D eigenvalue weighted by atomic mass is 32.1. The normalized spacial score (nSPS) is 15.5. The number of nitrogens with one attached hydrogen (secondary N) is 2. The zero-order valence-electron chi connectivity index (χ0n) is 17.6. The average Bonchev–Trinajstić information content (AvgIpc) is 3.27. The molecule has 2 aliphatic rings. The van der Waals surface area contributed by atoms with Gasteiger partial charge in [0.05, 0.1) is 7.11 Å². The second kappa shape index (κ2) is 9.87. The average molecular weight is 442 g/mol. The van der Waals surface area contributed by atoms with E-state index in [4.69, 9.17) is 26.4 Å². The van der Waals surface area contributed by atoms with Crippen LogP contribution < -0.4 is 24.8 Å². The van der Waals surface area contributed by atoms with Crippen LogP contribution in [0.1, 0.15) is 18.4 Å². The Labute approximate surface area is 187 Å². The van der Waals surface area contributed by atoms with E-state index in [0.717, 1.165) is 55.4 Å². The van der Waals surface area contributed by atoms with Crippen LogP contribution in [0.2, 0.25) is 0 Å². The lowest BCUT2D eigenvalue weighted by molar-refractivity contribution is -0.120. The summed E-state index contributed by atoms with van der Waals surface area (Å²) >= 11 is 5.55. The van der Waals surface area contributed by atoms with Crippen LogP contribution >= 0.6 is 12.2 Å².